The number of likely N-dealkylation sites (N-methyl/N-ethyl adjacent to an activating group) is 1. The van der Waals surface area contributed by atoms with Crippen molar-refractivity contribution in [2.75, 3.05) is 23.7 Å². The monoisotopic (exact) mass is 575 g/mol. The summed E-state index contributed by atoms with van der Waals surface area (Å²) in [4.78, 5) is 28.7. The van der Waals surface area contributed by atoms with Gasteiger partial charge < -0.3 is 10.2 Å². The number of anilines is 1. The Kier molecular flexibility index (Phi) is 10.2. The van der Waals surface area contributed by atoms with Crippen LogP contribution < -0.4 is 9.62 Å². The zero-order chi connectivity index (χ0) is 27.9. The summed E-state index contributed by atoms with van der Waals surface area (Å²) >= 11 is 12.2. The van der Waals surface area contributed by atoms with Gasteiger partial charge in [-0.1, -0.05) is 83.4 Å². The molecule has 0 spiro atoms. The number of carbonyl (C=O) groups is 2. The minimum absolute atomic E-state index is 0.118. The Morgan fingerprint density at radius 3 is 2.16 bits per heavy atom. The first-order valence-corrected chi connectivity index (χ1v) is 14.7. The van der Waals surface area contributed by atoms with E-state index in [0.717, 1.165) is 27.3 Å². The standard InChI is InChI=1S/C28H31Cl2N3O4S/c1-4-31-28(35)26(16-21-8-6-5-7-9-21)32(18-22-12-10-20(2)11-13-22)27(34)19-33(38(3,36)37)23-14-15-24(29)25(30)17-23/h5-15,17,26H,4,16,18-19H2,1-3H3,(H,31,35)/t26-/m1/s1. The molecule has 3 aromatic carbocycles. The van der Waals surface area contributed by atoms with E-state index in [4.69, 9.17) is 23.2 Å². The van der Waals surface area contributed by atoms with Crippen molar-refractivity contribution in [1.82, 2.24) is 10.2 Å². The smallest absolute Gasteiger partial charge is 0.244 e. The van der Waals surface area contributed by atoms with E-state index in [1.54, 1.807) is 6.92 Å². The fourth-order valence-corrected chi connectivity index (χ4v) is 5.12. The maximum absolute atomic E-state index is 13.9. The van der Waals surface area contributed by atoms with E-state index >= 15 is 0 Å². The normalized spacial score (nSPS) is 12.0. The van der Waals surface area contributed by atoms with Crippen molar-refractivity contribution in [3.05, 3.63) is 99.5 Å². The quantitative estimate of drug-likeness (QED) is 0.354. The zero-order valence-corrected chi connectivity index (χ0v) is 23.9. The molecule has 0 aromatic heterocycles. The van der Waals surface area contributed by atoms with E-state index in [1.165, 1.54) is 23.1 Å². The number of hydrogen-bond acceptors (Lipinski definition) is 4. The van der Waals surface area contributed by atoms with Crippen molar-refractivity contribution < 1.29 is 18.0 Å². The molecule has 38 heavy (non-hydrogen) atoms. The van der Waals surface area contributed by atoms with Crippen LogP contribution in [-0.4, -0.2) is 50.5 Å². The lowest BCUT2D eigenvalue weighted by atomic mass is 10.0. The second kappa shape index (κ2) is 13.1. The van der Waals surface area contributed by atoms with E-state index in [9.17, 15) is 18.0 Å². The molecule has 3 rings (SSSR count). The van der Waals surface area contributed by atoms with Crippen LogP contribution in [0.5, 0.6) is 0 Å². The van der Waals surface area contributed by atoms with Gasteiger partial charge in [-0.2, -0.15) is 0 Å². The van der Waals surface area contributed by atoms with Crippen LogP contribution in [0.1, 0.15) is 23.6 Å². The SMILES string of the molecule is CCNC(=O)[C@@H](Cc1ccccc1)N(Cc1ccc(C)cc1)C(=O)CN(c1ccc(Cl)c(Cl)c1)S(C)(=O)=O. The number of amides is 2. The first-order chi connectivity index (χ1) is 18.0. The van der Waals surface area contributed by atoms with Gasteiger partial charge in [0, 0.05) is 19.5 Å². The number of nitrogens with zero attached hydrogens (tertiary/aromatic N) is 2. The summed E-state index contributed by atoms with van der Waals surface area (Å²) in [7, 11) is -3.89. The van der Waals surface area contributed by atoms with Gasteiger partial charge >= 0.3 is 0 Å². The fraction of sp³-hybridized carbons (Fsp3) is 0.286. The van der Waals surface area contributed by atoms with Gasteiger partial charge in [0.1, 0.15) is 12.6 Å². The highest BCUT2D eigenvalue weighted by Crippen LogP contribution is 2.29. The molecular formula is C28H31Cl2N3O4S. The number of aryl methyl sites for hydroxylation is 1. The molecule has 0 aliphatic carbocycles. The number of nitrogens with one attached hydrogen (secondary N) is 1. The van der Waals surface area contributed by atoms with E-state index in [-0.39, 0.29) is 34.6 Å². The number of halogens is 2. The van der Waals surface area contributed by atoms with E-state index < -0.39 is 28.5 Å². The van der Waals surface area contributed by atoms with Crippen molar-refractivity contribution >= 4 is 50.7 Å². The first kappa shape index (κ1) is 29.5. The molecule has 0 aliphatic rings. The summed E-state index contributed by atoms with van der Waals surface area (Å²) in [6.45, 7) is 3.75. The van der Waals surface area contributed by atoms with Gasteiger partial charge in [0.25, 0.3) is 0 Å². The Hall–Kier alpha value is -3.07. The van der Waals surface area contributed by atoms with Crippen LogP contribution in [0.4, 0.5) is 5.69 Å². The number of carbonyl (C=O) groups excluding carboxylic acids is 2. The highest BCUT2D eigenvalue weighted by Gasteiger charge is 2.33. The minimum atomic E-state index is -3.89. The van der Waals surface area contributed by atoms with Gasteiger partial charge in [-0.25, -0.2) is 8.42 Å². The van der Waals surface area contributed by atoms with Gasteiger partial charge in [0.15, 0.2) is 0 Å². The Morgan fingerprint density at radius 1 is 0.921 bits per heavy atom. The molecule has 0 radical (unpaired) electrons. The number of hydrogen-bond donors (Lipinski definition) is 1. The van der Waals surface area contributed by atoms with Crippen molar-refractivity contribution in [2.45, 2.75) is 32.9 Å². The molecule has 7 nitrogen and oxygen atoms in total. The minimum Gasteiger partial charge on any atom is -0.355 e. The molecule has 0 heterocycles. The van der Waals surface area contributed by atoms with Gasteiger partial charge in [-0.15, -0.1) is 0 Å². The summed E-state index contributed by atoms with van der Waals surface area (Å²) in [5, 5.41) is 3.25. The molecule has 0 saturated heterocycles. The third-order valence-corrected chi connectivity index (χ3v) is 7.85. The van der Waals surface area contributed by atoms with Crippen molar-refractivity contribution in [3.8, 4) is 0 Å². The third-order valence-electron chi connectivity index (χ3n) is 5.97. The first-order valence-electron chi connectivity index (χ1n) is 12.1. The molecule has 202 valence electrons. The molecule has 0 fully saturated rings. The van der Waals surface area contributed by atoms with Crippen molar-refractivity contribution in [3.63, 3.8) is 0 Å². The van der Waals surface area contributed by atoms with Crippen LogP contribution in [0.25, 0.3) is 0 Å². The molecule has 0 bridgehead atoms. The average molecular weight is 577 g/mol. The van der Waals surface area contributed by atoms with Gasteiger partial charge in [0.05, 0.1) is 22.0 Å². The van der Waals surface area contributed by atoms with Crippen LogP contribution in [0.3, 0.4) is 0 Å². The Bertz CT molecular complexity index is 1370. The lowest BCUT2D eigenvalue weighted by Crippen LogP contribution is -2.53. The Morgan fingerprint density at radius 2 is 1.58 bits per heavy atom. The van der Waals surface area contributed by atoms with Crippen LogP contribution in [0, 0.1) is 6.92 Å². The molecular weight excluding hydrogens is 545 g/mol. The molecule has 1 N–H and O–H groups in total. The molecule has 1 atom stereocenters. The summed E-state index contributed by atoms with van der Waals surface area (Å²) in [6, 6.07) is 20.5. The van der Waals surface area contributed by atoms with Crippen LogP contribution >= 0.6 is 23.2 Å². The van der Waals surface area contributed by atoms with Gasteiger partial charge in [0.2, 0.25) is 21.8 Å². The summed E-state index contributed by atoms with van der Waals surface area (Å²) in [5.74, 6) is -0.855. The number of sulfonamides is 1. The third kappa shape index (κ3) is 7.96. The molecule has 0 unspecified atom stereocenters. The average Bonchev–Trinajstić information content (AvgIpc) is 2.87. The fourth-order valence-electron chi connectivity index (χ4n) is 3.99. The Labute approximate surface area is 234 Å². The zero-order valence-electron chi connectivity index (χ0n) is 21.5. The molecule has 0 aliphatic heterocycles. The van der Waals surface area contributed by atoms with Crippen molar-refractivity contribution in [2.24, 2.45) is 0 Å². The topological polar surface area (TPSA) is 86.8 Å². The molecule has 0 saturated carbocycles. The summed E-state index contributed by atoms with van der Waals surface area (Å²) in [6.07, 6.45) is 1.27. The predicted octanol–water partition coefficient (Wildman–Crippen LogP) is 4.84. The summed E-state index contributed by atoms with van der Waals surface area (Å²) in [5.41, 5.74) is 2.93. The van der Waals surface area contributed by atoms with Gasteiger partial charge in [-0.05, 0) is 43.2 Å². The lowest BCUT2D eigenvalue weighted by Gasteiger charge is -2.33. The highest BCUT2D eigenvalue weighted by atomic mass is 35.5. The van der Waals surface area contributed by atoms with Crippen LogP contribution in [-0.2, 0) is 32.6 Å². The molecule has 2 amide bonds. The van der Waals surface area contributed by atoms with Gasteiger partial charge in [-0.3, -0.25) is 13.9 Å². The molecule has 3 aromatic rings. The highest BCUT2D eigenvalue weighted by molar-refractivity contribution is 7.92. The van der Waals surface area contributed by atoms with E-state index in [0.29, 0.717) is 6.54 Å². The number of benzene rings is 3. The lowest BCUT2D eigenvalue weighted by molar-refractivity contribution is -0.140. The van der Waals surface area contributed by atoms with Crippen LogP contribution in [0.15, 0.2) is 72.8 Å². The van der Waals surface area contributed by atoms with E-state index in [2.05, 4.69) is 5.32 Å². The Balaban J connectivity index is 2.04. The molecule has 10 heteroatoms. The number of rotatable bonds is 11. The maximum atomic E-state index is 13.9. The van der Waals surface area contributed by atoms with E-state index in [1.807, 2.05) is 61.5 Å². The maximum Gasteiger partial charge on any atom is 0.244 e. The van der Waals surface area contributed by atoms with Crippen LogP contribution in [0.2, 0.25) is 10.0 Å². The second-order valence-electron chi connectivity index (χ2n) is 8.98. The predicted molar refractivity (Wildman–Crippen MR) is 153 cm³/mol. The largest absolute Gasteiger partial charge is 0.355 e. The second-order valence-corrected chi connectivity index (χ2v) is 11.7. The van der Waals surface area contributed by atoms with Crippen molar-refractivity contribution in [1.29, 1.82) is 0 Å². The summed E-state index contributed by atoms with van der Waals surface area (Å²) < 4.78 is 26.5.